The number of aromatic nitrogens is 1. The Morgan fingerprint density at radius 2 is 1.91 bits per heavy atom. The summed E-state index contributed by atoms with van der Waals surface area (Å²) < 4.78 is 0. The zero-order chi connectivity index (χ0) is 16.2. The summed E-state index contributed by atoms with van der Waals surface area (Å²) in [7, 11) is 0. The molecule has 5 heteroatoms. The van der Waals surface area contributed by atoms with E-state index in [1.54, 1.807) is 12.1 Å². The Morgan fingerprint density at radius 3 is 2.74 bits per heavy atom. The number of benzene rings is 2. The first kappa shape index (κ1) is 15.9. The second-order valence-corrected chi connectivity index (χ2v) is 6.20. The average molecular weight is 347 g/mol. The molecule has 23 heavy (non-hydrogen) atoms. The number of para-hydroxylation sites is 1. The highest BCUT2D eigenvalue weighted by Gasteiger charge is 2.07. The number of aryl methyl sites for hydroxylation is 1. The van der Waals surface area contributed by atoms with Gasteiger partial charge >= 0.3 is 0 Å². The molecule has 3 rings (SSSR count). The van der Waals surface area contributed by atoms with Crippen LogP contribution in [-0.2, 0) is 17.8 Å². The van der Waals surface area contributed by atoms with Crippen molar-refractivity contribution in [3.8, 4) is 0 Å². The molecule has 3 nitrogen and oxygen atoms in total. The Balaban J connectivity index is 1.54. The number of halogens is 2. The molecule has 0 aliphatic heterocycles. The molecule has 0 aliphatic rings. The summed E-state index contributed by atoms with van der Waals surface area (Å²) in [6, 6.07) is 13.4. The third-order valence-electron chi connectivity index (χ3n) is 3.77. The molecule has 0 aliphatic carbocycles. The minimum Gasteiger partial charge on any atom is -0.361 e. The van der Waals surface area contributed by atoms with Crippen molar-refractivity contribution in [2.75, 3.05) is 0 Å². The number of H-pyrrole nitrogens is 1. The maximum atomic E-state index is 12.0. The van der Waals surface area contributed by atoms with Crippen molar-refractivity contribution in [2.45, 2.75) is 19.4 Å². The molecule has 1 aromatic heterocycles. The highest BCUT2D eigenvalue weighted by atomic mass is 35.5. The van der Waals surface area contributed by atoms with Crippen LogP contribution in [0.5, 0.6) is 0 Å². The fourth-order valence-corrected chi connectivity index (χ4v) is 2.85. The van der Waals surface area contributed by atoms with Crippen LogP contribution in [0.4, 0.5) is 0 Å². The fourth-order valence-electron chi connectivity index (χ4n) is 2.53. The Bertz CT molecular complexity index is 842. The van der Waals surface area contributed by atoms with Gasteiger partial charge in [0.15, 0.2) is 0 Å². The van der Waals surface area contributed by atoms with Crippen LogP contribution in [0.3, 0.4) is 0 Å². The summed E-state index contributed by atoms with van der Waals surface area (Å²) >= 11 is 11.8. The SMILES string of the molecule is O=C(CCc1c[nH]c2ccccc12)NCc1ccc(Cl)c(Cl)c1. The third kappa shape index (κ3) is 3.87. The van der Waals surface area contributed by atoms with Gasteiger partial charge in [-0.25, -0.2) is 0 Å². The van der Waals surface area contributed by atoms with Gasteiger partial charge in [-0.2, -0.15) is 0 Å². The molecule has 3 aromatic rings. The Kier molecular flexibility index (Phi) is 4.89. The fraction of sp³-hybridized carbons (Fsp3) is 0.167. The lowest BCUT2D eigenvalue weighted by atomic mass is 10.1. The predicted molar refractivity (Wildman–Crippen MR) is 94.9 cm³/mol. The minimum atomic E-state index is 0.0151. The van der Waals surface area contributed by atoms with Crippen LogP contribution in [-0.4, -0.2) is 10.9 Å². The van der Waals surface area contributed by atoms with Crippen LogP contribution >= 0.6 is 23.2 Å². The lowest BCUT2D eigenvalue weighted by Crippen LogP contribution is -2.22. The molecule has 118 valence electrons. The van der Waals surface area contributed by atoms with Crippen LogP contribution in [0.15, 0.2) is 48.7 Å². The average Bonchev–Trinajstić information content (AvgIpc) is 2.97. The minimum absolute atomic E-state index is 0.0151. The van der Waals surface area contributed by atoms with Gasteiger partial charge in [0, 0.05) is 30.1 Å². The van der Waals surface area contributed by atoms with Crippen molar-refractivity contribution < 1.29 is 4.79 Å². The number of fused-ring (bicyclic) bond motifs is 1. The lowest BCUT2D eigenvalue weighted by Gasteiger charge is -2.06. The Morgan fingerprint density at radius 1 is 1.09 bits per heavy atom. The largest absolute Gasteiger partial charge is 0.361 e. The molecular weight excluding hydrogens is 331 g/mol. The van der Waals surface area contributed by atoms with Crippen molar-refractivity contribution in [1.82, 2.24) is 10.3 Å². The number of nitrogens with one attached hydrogen (secondary N) is 2. The summed E-state index contributed by atoms with van der Waals surface area (Å²) in [4.78, 5) is 15.2. The van der Waals surface area contributed by atoms with Crippen LogP contribution in [0, 0.1) is 0 Å². The van der Waals surface area contributed by atoms with Crippen LogP contribution in [0.1, 0.15) is 17.5 Å². The first-order chi connectivity index (χ1) is 11.1. The van der Waals surface area contributed by atoms with Crippen molar-refractivity contribution in [2.24, 2.45) is 0 Å². The normalized spacial score (nSPS) is 10.9. The molecule has 2 N–H and O–H groups in total. The summed E-state index contributed by atoms with van der Waals surface area (Å²) in [5.74, 6) is 0.0151. The highest BCUT2D eigenvalue weighted by molar-refractivity contribution is 6.42. The van der Waals surface area contributed by atoms with Gasteiger partial charge in [-0.15, -0.1) is 0 Å². The quantitative estimate of drug-likeness (QED) is 0.689. The molecule has 0 bridgehead atoms. The molecule has 0 radical (unpaired) electrons. The molecule has 0 atom stereocenters. The van der Waals surface area contributed by atoms with Gasteiger partial charge in [0.05, 0.1) is 10.0 Å². The van der Waals surface area contributed by atoms with E-state index in [1.165, 1.54) is 5.39 Å². The van der Waals surface area contributed by atoms with Gasteiger partial charge in [-0.1, -0.05) is 47.5 Å². The number of hydrogen-bond donors (Lipinski definition) is 2. The number of rotatable bonds is 5. The number of amides is 1. The van der Waals surface area contributed by atoms with E-state index >= 15 is 0 Å². The monoisotopic (exact) mass is 346 g/mol. The van der Waals surface area contributed by atoms with E-state index in [9.17, 15) is 4.79 Å². The van der Waals surface area contributed by atoms with E-state index in [1.807, 2.05) is 30.5 Å². The van der Waals surface area contributed by atoms with E-state index in [2.05, 4.69) is 16.4 Å². The molecule has 1 amide bonds. The first-order valence-corrected chi connectivity index (χ1v) is 8.14. The van der Waals surface area contributed by atoms with Crippen molar-refractivity contribution >= 4 is 40.0 Å². The predicted octanol–water partition coefficient (Wildman–Crippen LogP) is 4.72. The second kappa shape index (κ2) is 7.07. The highest BCUT2D eigenvalue weighted by Crippen LogP contribution is 2.22. The van der Waals surface area contributed by atoms with Gasteiger partial charge in [0.1, 0.15) is 0 Å². The zero-order valence-electron chi connectivity index (χ0n) is 12.4. The molecule has 1 heterocycles. The van der Waals surface area contributed by atoms with Gasteiger partial charge in [-0.05, 0) is 35.7 Å². The van der Waals surface area contributed by atoms with Crippen LogP contribution < -0.4 is 5.32 Å². The molecular formula is C18H16Cl2N2O. The molecule has 0 unspecified atom stereocenters. The third-order valence-corrected chi connectivity index (χ3v) is 4.51. The topological polar surface area (TPSA) is 44.9 Å². The Hall–Kier alpha value is -1.97. The maximum absolute atomic E-state index is 12.0. The van der Waals surface area contributed by atoms with Gasteiger partial charge < -0.3 is 10.3 Å². The van der Waals surface area contributed by atoms with Gasteiger partial charge in [-0.3, -0.25) is 4.79 Å². The number of hydrogen-bond acceptors (Lipinski definition) is 1. The molecule has 0 fully saturated rings. The molecule has 2 aromatic carbocycles. The van der Waals surface area contributed by atoms with E-state index in [0.717, 1.165) is 16.6 Å². The smallest absolute Gasteiger partial charge is 0.220 e. The van der Waals surface area contributed by atoms with Crippen molar-refractivity contribution in [3.05, 3.63) is 69.8 Å². The van der Waals surface area contributed by atoms with E-state index in [0.29, 0.717) is 29.4 Å². The van der Waals surface area contributed by atoms with Gasteiger partial charge in [0.25, 0.3) is 0 Å². The van der Waals surface area contributed by atoms with Crippen LogP contribution in [0.25, 0.3) is 10.9 Å². The van der Waals surface area contributed by atoms with Crippen molar-refractivity contribution in [3.63, 3.8) is 0 Å². The summed E-state index contributed by atoms with van der Waals surface area (Å²) in [6.07, 6.45) is 3.12. The van der Waals surface area contributed by atoms with Crippen molar-refractivity contribution in [1.29, 1.82) is 0 Å². The zero-order valence-corrected chi connectivity index (χ0v) is 13.9. The lowest BCUT2D eigenvalue weighted by molar-refractivity contribution is -0.121. The number of carbonyl (C=O) groups is 1. The van der Waals surface area contributed by atoms with Crippen LogP contribution in [0.2, 0.25) is 10.0 Å². The molecule has 0 saturated heterocycles. The van der Waals surface area contributed by atoms with E-state index < -0.39 is 0 Å². The van der Waals surface area contributed by atoms with E-state index in [4.69, 9.17) is 23.2 Å². The van der Waals surface area contributed by atoms with E-state index in [-0.39, 0.29) is 5.91 Å². The first-order valence-electron chi connectivity index (χ1n) is 7.39. The summed E-state index contributed by atoms with van der Waals surface area (Å²) in [5, 5.41) is 5.09. The summed E-state index contributed by atoms with van der Waals surface area (Å²) in [6.45, 7) is 0.448. The Labute approximate surface area is 144 Å². The maximum Gasteiger partial charge on any atom is 0.220 e. The second-order valence-electron chi connectivity index (χ2n) is 5.38. The summed E-state index contributed by atoms with van der Waals surface area (Å²) in [5.41, 5.74) is 3.18. The standard InChI is InChI=1S/C18H16Cl2N2O/c19-15-7-5-12(9-16(15)20)10-22-18(23)8-6-13-11-21-17-4-2-1-3-14(13)17/h1-5,7,9,11,21H,6,8,10H2,(H,22,23). The van der Waals surface area contributed by atoms with Gasteiger partial charge in [0.2, 0.25) is 5.91 Å². The number of carbonyl (C=O) groups excluding carboxylic acids is 1. The molecule has 0 saturated carbocycles. The number of aromatic amines is 1. The molecule has 0 spiro atoms.